The number of sulfonamides is 1. The van der Waals surface area contributed by atoms with Crippen LogP contribution in [-0.4, -0.2) is 44.8 Å². The van der Waals surface area contributed by atoms with Crippen LogP contribution in [0.2, 0.25) is 0 Å². The highest BCUT2D eigenvalue weighted by molar-refractivity contribution is 7.89. The lowest BCUT2D eigenvalue weighted by atomic mass is 9.82. The molecule has 1 aliphatic heterocycles. The number of nitrogens with zero attached hydrogens (tertiary/aromatic N) is 1. The molecule has 0 bridgehead atoms. The van der Waals surface area contributed by atoms with Crippen molar-refractivity contribution in [3.8, 4) is 0 Å². The first kappa shape index (κ1) is 17.4. The highest BCUT2D eigenvalue weighted by Crippen LogP contribution is 2.31. The molecule has 7 heteroatoms. The predicted octanol–water partition coefficient (Wildman–Crippen LogP) is 1.80. The smallest absolute Gasteiger partial charge is 0.243 e. The van der Waals surface area contributed by atoms with E-state index >= 15 is 0 Å². The molecule has 0 aromatic heterocycles. The van der Waals surface area contributed by atoms with Crippen molar-refractivity contribution in [3.05, 3.63) is 24.3 Å². The van der Waals surface area contributed by atoms with Crippen LogP contribution in [0.4, 0.5) is 5.69 Å². The van der Waals surface area contributed by atoms with Gasteiger partial charge in [-0.1, -0.05) is 0 Å². The van der Waals surface area contributed by atoms with Gasteiger partial charge in [0.1, 0.15) is 0 Å². The Balaban J connectivity index is 1.69. The van der Waals surface area contributed by atoms with Crippen LogP contribution in [-0.2, 0) is 14.8 Å². The topological polar surface area (TPSA) is 78.5 Å². The van der Waals surface area contributed by atoms with Crippen molar-refractivity contribution in [1.29, 1.82) is 0 Å². The number of rotatable bonds is 5. The third-order valence-electron chi connectivity index (χ3n) is 5.00. The van der Waals surface area contributed by atoms with E-state index in [9.17, 15) is 13.2 Å². The molecule has 6 nitrogen and oxygen atoms in total. The number of nitrogens with one attached hydrogen (secondary N) is 2. The van der Waals surface area contributed by atoms with Crippen LogP contribution in [0.15, 0.2) is 29.2 Å². The standard InChI is InChI=1S/C17H25N3O3S/c1-17(10-3-11-18-12-17)16(21)19-13-4-8-15(9-5-13)24(22,23)20(2)14-6-7-14/h4-5,8-9,14,18H,3,6-7,10-12H2,1-2H3,(H,19,21). The third-order valence-corrected chi connectivity index (χ3v) is 6.92. The molecule has 1 atom stereocenters. The van der Waals surface area contributed by atoms with Crippen molar-refractivity contribution in [1.82, 2.24) is 9.62 Å². The molecule has 2 fully saturated rings. The molecule has 2 aliphatic rings. The van der Waals surface area contributed by atoms with E-state index in [1.165, 1.54) is 4.31 Å². The monoisotopic (exact) mass is 351 g/mol. The van der Waals surface area contributed by atoms with Gasteiger partial charge in [-0.2, -0.15) is 4.31 Å². The van der Waals surface area contributed by atoms with Gasteiger partial charge < -0.3 is 10.6 Å². The van der Waals surface area contributed by atoms with Crippen LogP contribution in [0, 0.1) is 5.41 Å². The van der Waals surface area contributed by atoms with E-state index in [2.05, 4.69) is 10.6 Å². The molecule has 1 saturated carbocycles. The Kier molecular flexibility index (Phi) is 4.68. The summed E-state index contributed by atoms with van der Waals surface area (Å²) in [5.74, 6) is -0.0274. The molecule has 0 spiro atoms. The van der Waals surface area contributed by atoms with Gasteiger partial charge >= 0.3 is 0 Å². The van der Waals surface area contributed by atoms with E-state index in [0.29, 0.717) is 12.2 Å². The summed E-state index contributed by atoms with van der Waals surface area (Å²) < 4.78 is 26.4. The van der Waals surface area contributed by atoms with Crippen LogP contribution in [0.5, 0.6) is 0 Å². The third kappa shape index (κ3) is 3.48. The Labute approximate surface area is 143 Å². The van der Waals surface area contributed by atoms with Crippen LogP contribution >= 0.6 is 0 Å². The summed E-state index contributed by atoms with van der Waals surface area (Å²) in [7, 11) is -1.82. The van der Waals surface area contributed by atoms with Crippen molar-refractivity contribution >= 4 is 21.6 Å². The second-order valence-electron chi connectivity index (χ2n) is 7.07. The van der Waals surface area contributed by atoms with Gasteiger partial charge in [0.2, 0.25) is 15.9 Å². The minimum atomic E-state index is -3.44. The van der Waals surface area contributed by atoms with E-state index in [4.69, 9.17) is 0 Å². The first-order chi connectivity index (χ1) is 11.3. The molecule has 1 aromatic rings. The molecule has 1 aliphatic carbocycles. The van der Waals surface area contributed by atoms with E-state index in [1.807, 2.05) is 6.92 Å². The van der Waals surface area contributed by atoms with Crippen LogP contribution in [0.25, 0.3) is 0 Å². The summed E-state index contributed by atoms with van der Waals surface area (Å²) in [6.45, 7) is 3.57. The fourth-order valence-corrected chi connectivity index (χ4v) is 4.46. The minimum Gasteiger partial charge on any atom is -0.326 e. The van der Waals surface area contributed by atoms with Gasteiger partial charge in [0, 0.05) is 25.3 Å². The summed E-state index contributed by atoms with van der Waals surface area (Å²) in [6.07, 6.45) is 3.69. The zero-order valence-electron chi connectivity index (χ0n) is 14.2. The summed E-state index contributed by atoms with van der Waals surface area (Å²) in [6, 6.07) is 6.57. The highest BCUT2D eigenvalue weighted by atomic mass is 32.2. The SMILES string of the molecule is CN(C1CC1)S(=O)(=O)c1ccc(NC(=O)C2(C)CCCNC2)cc1. The molecular weight excluding hydrogens is 326 g/mol. The Morgan fingerprint density at radius 1 is 1.29 bits per heavy atom. The molecule has 24 heavy (non-hydrogen) atoms. The Morgan fingerprint density at radius 2 is 1.96 bits per heavy atom. The lowest BCUT2D eigenvalue weighted by molar-refractivity contribution is -0.125. The Bertz CT molecular complexity index is 705. The molecule has 1 aromatic carbocycles. The Morgan fingerprint density at radius 3 is 2.50 bits per heavy atom. The second-order valence-corrected chi connectivity index (χ2v) is 9.07. The number of benzene rings is 1. The normalized spacial score (nSPS) is 24.8. The van der Waals surface area contributed by atoms with E-state index < -0.39 is 15.4 Å². The maximum absolute atomic E-state index is 12.5. The molecule has 0 radical (unpaired) electrons. The Hall–Kier alpha value is -1.44. The maximum Gasteiger partial charge on any atom is 0.243 e. The van der Waals surface area contributed by atoms with Crippen molar-refractivity contribution in [2.24, 2.45) is 5.41 Å². The minimum absolute atomic E-state index is 0.0274. The average Bonchev–Trinajstić information content (AvgIpc) is 3.40. The molecule has 3 rings (SSSR count). The largest absolute Gasteiger partial charge is 0.326 e. The number of carbonyl (C=O) groups excluding carboxylic acids is 1. The number of hydrogen-bond donors (Lipinski definition) is 2. The molecule has 1 unspecified atom stereocenters. The average molecular weight is 351 g/mol. The second kappa shape index (κ2) is 6.46. The number of hydrogen-bond acceptors (Lipinski definition) is 4. The first-order valence-electron chi connectivity index (χ1n) is 8.43. The zero-order valence-corrected chi connectivity index (χ0v) is 15.0. The van der Waals surface area contributed by atoms with E-state index in [0.717, 1.165) is 32.2 Å². The fraction of sp³-hybridized carbons (Fsp3) is 0.588. The van der Waals surface area contributed by atoms with Gasteiger partial charge in [0.25, 0.3) is 0 Å². The van der Waals surface area contributed by atoms with Crippen molar-refractivity contribution in [2.45, 2.75) is 43.5 Å². The van der Waals surface area contributed by atoms with Gasteiger partial charge in [0.05, 0.1) is 10.3 Å². The molecule has 1 amide bonds. The van der Waals surface area contributed by atoms with Gasteiger partial charge in [0.15, 0.2) is 0 Å². The number of piperidine rings is 1. The van der Waals surface area contributed by atoms with Crippen molar-refractivity contribution in [3.63, 3.8) is 0 Å². The summed E-state index contributed by atoms with van der Waals surface area (Å²) in [5.41, 5.74) is 0.203. The molecule has 1 heterocycles. The first-order valence-corrected chi connectivity index (χ1v) is 9.87. The van der Waals surface area contributed by atoms with Crippen LogP contribution in [0.1, 0.15) is 32.6 Å². The van der Waals surface area contributed by atoms with Crippen molar-refractivity contribution < 1.29 is 13.2 Å². The predicted molar refractivity (Wildman–Crippen MR) is 93.3 cm³/mol. The van der Waals surface area contributed by atoms with Crippen molar-refractivity contribution in [2.75, 3.05) is 25.5 Å². The summed E-state index contributed by atoms with van der Waals surface area (Å²) in [5, 5.41) is 6.16. The van der Waals surface area contributed by atoms with Crippen LogP contribution in [0.3, 0.4) is 0 Å². The van der Waals surface area contributed by atoms with Gasteiger partial charge in [-0.05, 0) is 63.4 Å². The number of carbonyl (C=O) groups is 1. The van der Waals surface area contributed by atoms with Gasteiger partial charge in [-0.3, -0.25) is 4.79 Å². The van der Waals surface area contributed by atoms with E-state index in [1.54, 1.807) is 31.3 Å². The summed E-state index contributed by atoms with van der Waals surface area (Å²) in [4.78, 5) is 12.8. The fourth-order valence-electron chi connectivity index (χ4n) is 3.04. The summed E-state index contributed by atoms with van der Waals surface area (Å²) >= 11 is 0. The number of anilines is 1. The number of amides is 1. The molecule has 2 N–H and O–H groups in total. The van der Waals surface area contributed by atoms with E-state index in [-0.39, 0.29) is 16.8 Å². The molecule has 132 valence electrons. The maximum atomic E-state index is 12.5. The lowest BCUT2D eigenvalue weighted by Crippen LogP contribution is -2.46. The highest BCUT2D eigenvalue weighted by Gasteiger charge is 2.36. The zero-order chi connectivity index (χ0) is 17.4. The quantitative estimate of drug-likeness (QED) is 0.848. The molecule has 1 saturated heterocycles. The van der Waals surface area contributed by atoms with Gasteiger partial charge in [-0.15, -0.1) is 0 Å². The lowest BCUT2D eigenvalue weighted by Gasteiger charge is -2.32. The molecular formula is C17H25N3O3S. The van der Waals surface area contributed by atoms with Gasteiger partial charge in [-0.25, -0.2) is 8.42 Å². The van der Waals surface area contributed by atoms with Crippen LogP contribution < -0.4 is 10.6 Å².